The van der Waals surface area contributed by atoms with Crippen LogP contribution in [0.2, 0.25) is 0 Å². The van der Waals surface area contributed by atoms with Gasteiger partial charge in [0, 0.05) is 24.8 Å². The van der Waals surface area contributed by atoms with Gasteiger partial charge in [-0.1, -0.05) is 13.8 Å². The highest BCUT2D eigenvalue weighted by Crippen LogP contribution is 2.19. The van der Waals surface area contributed by atoms with Gasteiger partial charge in [-0.15, -0.1) is 0 Å². The number of carbonyl (C=O) groups excluding carboxylic acids is 1. The van der Waals surface area contributed by atoms with Gasteiger partial charge in [0.1, 0.15) is 0 Å². The molecule has 4 heteroatoms. The van der Waals surface area contributed by atoms with Crippen LogP contribution in [0.25, 0.3) is 0 Å². The van der Waals surface area contributed by atoms with Gasteiger partial charge in [-0.2, -0.15) is 5.10 Å². The minimum atomic E-state index is 0.546. The molecule has 0 saturated carbocycles. The fourth-order valence-corrected chi connectivity index (χ4v) is 2.46. The quantitative estimate of drug-likeness (QED) is 0.733. The van der Waals surface area contributed by atoms with E-state index in [1.54, 1.807) is 0 Å². The molecule has 2 heterocycles. The minimum Gasteiger partial charge on any atom is -0.381 e. The average Bonchev–Trinajstić information content (AvgIpc) is 2.96. The van der Waals surface area contributed by atoms with Crippen LogP contribution in [0.4, 0.5) is 0 Å². The summed E-state index contributed by atoms with van der Waals surface area (Å²) in [6, 6.07) is 0. The van der Waals surface area contributed by atoms with E-state index in [2.05, 4.69) is 12.0 Å². The van der Waals surface area contributed by atoms with Crippen LogP contribution < -0.4 is 0 Å². The number of aldehydes is 1. The standard InChI is InChI=1S/C13H20N2O2/c1-3-12-11(8-16)13(4-2)15(14-12)7-10-5-6-17-9-10/h8,10H,3-7,9H2,1-2H3. The predicted octanol–water partition coefficient (Wildman–Crippen LogP) is 1.86. The molecule has 1 unspecified atom stereocenters. The van der Waals surface area contributed by atoms with Gasteiger partial charge in [0.15, 0.2) is 6.29 Å². The van der Waals surface area contributed by atoms with Crippen LogP contribution in [0.5, 0.6) is 0 Å². The third-order valence-corrected chi connectivity index (χ3v) is 3.42. The zero-order chi connectivity index (χ0) is 12.3. The van der Waals surface area contributed by atoms with Crippen LogP contribution in [-0.4, -0.2) is 29.3 Å². The van der Waals surface area contributed by atoms with Gasteiger partial charge in [0.05, 0.1) is 17.9 Å². The van der Waals surface area contributed by atoms with Gasteiger partial charge in [0.25, 0.3) is 0 Å². The van der Waals surface area contributed by atoms with E-state index in [0.717, 1.165) is 62.3 Å². The van der Waals surface area contributed by atoms with Gasteiger partial charge in [0.2, 0.25) is 0 Å². The fraction of sp³-hybridized carbons (Fsp3) is 0.692. The molecule has 1 aromatic rings. The third-order valence-electron chi connectivity index (χ3n) is 3.42. The first-order valence-electron chi connectivity index (χ1n) is 6.41. The molecule has 0 spiro atoms. The Labute approximate surface area is 102 Å². The average molecular weight is 236 g/mol. The zero-order valence-corrected chi connectivity index (χ0v) is 10.6. The van der Waals surface area contributed by atoms with Crippen LogP contribution in [0.3, 0.4) is 0 Å². The molecule has 94 valence electrons. The number of carbonyl (C=O) groups is 1. The van der Waals surface area contributed by atoms with Crippen molar-refractivity contribution in [1.29, 1.82) is 0 Å². The van der Waals surface area contributed by atoms with Crippen LogP contribution in [-0.2, 0) is 24.1 Å². The van der Waals surface area contributed by atoms with Crippen LogP contribution in [0, 0.1) is 5.92 Å². The summed E-state index contributed by atoms with van der Waals surface area (Å²) in [5.74, 6) is 0.546. The Morgan fingerprint density at radius 1 is 1.47 bits per heavy atom. The van der Waals surface area contributed by atoms with Crippen LogP contribution >= 0.6 is 0 Å². The second-order valence-electron chi connectivity index (χ2n) is 4.54. The molecular formula is C13H20N2O2. The summed E-state index contributed by atoms with van der Waals surface area (Å²) in [7, 11) is 0. The monoisotopic (exact) mass is 236 g/mol. The normalized spacial score (nSPS) is 19.8. The van der Waals surface area contributed by atoms with Crippen molar-refractivity contribution in [2.45, 2.75) is 39.7 Å². The van der Waals surface area contributed by atoms with Gasteiger partial charge >= 0.3 is 0 Å². The van der Waals surface area contributed by atoms with E-state index in [-0.39, 0.29) is 0 Å². The number of nitrogens with zero attached hydrogens (tertiary/aromatic N) is 2. The topological polar surface area (TPSA) is 44.1 Å². The number of rotatable bonds is 5. The molecule has 0 amide bonds. The molecule has 2 rings (SSSR count). The number of hydrogen-bond acceptors (Lipinski definition) is 3. The fourth-order valence-electron chi connectivity index (χ4n) is 2.46. The van der Waals surface area contributed by atoms with Gasteiger partial charge in [-0.25, -0.2) is 0 Å². The molecule has 0 N–H and O–H groups in total. The number of ether oxygens (including phenoxy) is 1. The largest absolute Gasteiger partial charge is 0.381 e. The van der Waals surface area contributed by atoms with Gasteiger partial charge < -0.3 is 4.74 Å². The molecular weight excluding hydrogens is 216 g/mol. The molecule has 17 heavy (non-hydrogen) atoms. The molecule has 1 aliphatic heterocycles. The lowest BCUT2D eigenvalue weighted by Gasteiger charge is -2.10. The van der Waals surface area contributed by atoms with Crippen molar-refractivity contribution in [1.82, 2.24) is 9.78 Å². The Morgan fingerprint density at radius 2 is 2.29 bits per heavy atom. The van der Waals surface area contributed by atoms with Crippen molar-refractivity contribution in [3.63, 3.8) is 0 Å². The van der Waals surface area contributed by atoms with Crippen molar-refractivity contribution >= 4 is 6.29 Å². The summed E-state index contributed by atoms with van der Waals surface area (Å²) in [5, 5.41) is 4.56. The van der Waals surface area contributed by atoms with Crippen molar-refractivity contribution < 1.29 is 9.53 Å². The molecule has 1 fully saturated rings. The molecule has 0 radical (unpaired) electrons. The highest BCUT2D eigenvalue weighted by molar-refractivity contribution is 5.78. The van der Waals surface area contributed by atoms with Crippen molar-refractivity contribution in [3.8, 4) is 0 Å². The van der Waals surface area contributed by atoms with Gasteiger partial charge in [-0.3, -0.25) is 9.48 Å². The summed E-state index contributed by atoms with van der Waals surface area (Å²) in [6.45, 7) is 6.67. The SMILES string of the molecule is CCc1nn(CC2CCOC2)c(CC)c1C=O. The first-order valence-corrected chi connectivity index (χ1v) is 6.41. The second-order valence-corrected chi connectivity index (χ2v) is 4.54. The number of hydrogen-bond donors (Lipinski definition) is 0. The first-order chi connectivity index (χ1) is 8.30. The maximum absolute atomic E-state index is 11.1. The highest BCUT2D eigenvalue weighted by Gasteiger charge is 2.20. The van der Waals surface area contributed by atoms with E-state index in [9.17, 15) is 4.79 Å². The van der Waals surface area contributed by atoms with E-state index in [1.807, 2.05) is 11.6 Å². The lowest BCUT2D eigenvalue weighted by atomic mass is 10.1. The smallest absolute Gasteiger partial charge is 0.153 e. The third kappa shape index (κ3) is 2.41. The summed E-state index contributed by atoms with van der Waals surface area (Å²) in [5.41, 5.74) is 2.80. The highest BCUT2D eigenvalue weighted by atomic mass is 16.5. The zero-order valence-electron chi connectivity index (χ0n) is 10.6. The van der Waals surface area contributed by atoms with Gasteiger partial charge in [-0.05, 0) is 19.3 Å². The molecule has 4 nitrogen and oxygen atoms in total. The van der Waals surface area contributed by atoms with E-state index in [4.69, 9.17) is 4.74 Å². The Kier molecular flexibility index (Phi) is 3.94. The summed E-state index contributed by atoms with van der Waals surface area (Å²) in [4.78, 5) is 11.1. The van der Waals surface area contributed by atoms with Crippen molar-refractivity contribution in [3.05, 3.63) is 17.0 Å². The predicted molar refractivity (Wildman–Crippen MR) is 65.3 cm³/mol. The minimum absolute atomic E-state index is 0.546. The molecule has 1 atom stereocenters. The van der Waals surface area contributed by atoms with E-state index in [1.165, 1.54) is 0 Å². The Hall–Kier alpha value is -1.16. The summed E-state index contributed by atoms with van der Waals surface area (Å²) in [6.07, 6.45) is 3.72. The molecule has 1 saturated heterocycles. The van der Waals surface area contributed by atoms with Crippen LogP contribution in [0.1, 0.15) is 42.0 Å². The molecule has 0 aliphatic carbocycles. The maximum atomic E-state index is 11.1. The summed E-state index contributed by atoms with van der Waals surface area (Å²) >= 11 is 0. The molecule has 0 aromatic carbocycles. The molecule has 0 bridgehead atoms. The Balaban J connectivity index is 2.25. The first kappa shape index (κ1) is 12.3. The maximum Gasteiger partial charge on any atom is 0.153 e. The van der Waals surface area contributed by atoms with E-state index >= 15 is 0 Å². The number of aromatic nitrogens is 2. The number of aryl methyl sites for hydroxylation is 1. The molecule has 1 aromatic heterocycles. The molecule has 1 aliphatic rings. The van der Waals surface area contributed by atoms with Crippen molar-refractivity contribution in [2.24, 2.45) is 5.92 Å². The van der Waals surface area contributed by atoms with Crippen molar-refractivity contribution in [2.75, 3.05) is 13.2 Å². The lowest BCUT2D eigenvalue weighted by molar-refractivity contribution is 0.112. The Morgan fingerprint density at radius 3 is 2.82 bits per heavy atom. The van der Waals surface area contributed by atoms with E-state index < -0.39 is 0 Å². The Bertz CT molecular complexity index is 392. The summed E-state index contributed by atoms with van der Waals surface area (Å²) < 4.78 is 7.40. The van der Waals surface area contributed by atoms with Crippen LogP contribution in [0.15, 0.2) is 0 Å². The lowest BCUT2D eigenvalue weighted by Crippen LogP contribution is -2.14. The second kappa shape index (κ2) is 5.45. The van der Waals surface area contributed by atoms with E-state index in [0.29, 0.717) is 5.92 Å².